The Hall–Kier alpha value is -2.33. The monoisotopic (exact) mass is 285 g/mol. The van der Waals surface area contributed by atoms with E-state index in [0.29, 0.717) is 16.5 Å². The van der Waals surface area contributed by atoms with Crippen LogP contribution in [-0.4, -0.2) is 15.5 Å². The van der Waals surface area contributed by atoms with Crippen LogP contribution in [0.1, 0.15) is 10.4 Å². The predicted octanol–water partition coefficient (Wildman–Crippen LogP) is 3.48. The molecule has 1 heterocycles. The molecular weight excluding hydrogens is 274 g/mol. The first-order valence-corrected chi connectivity index (χ1v) is 6.52. The van der Waals surface area contributed by atoms with Gasteiger partial charge in [-0.05, 0) is 24.3 Å². The van der Waals surface area contributed by atoms with Crippen LogP contribution in [0, 0.1) is 0 Å². The predicted molar refractivity (Wildman–Crippen MR) is 80.1 cm³/mol. The summed E-state index contributed by atoms with van der Waals surface area (Å²) in [5.41, 5.74) is 2.23. The molecule has 1 N–H and O–H groups in total. The first-order valence-electron chi connectivity index (χ1n) is 6.14. The Morgan fingerprint density at radius 3 is 2.60 bits per heavy atom. The molecule has 3 aromatic rings. The highest BCUT2D eigenvalue weighted by molar-refractivity contribution is 6.34. The number of fused-ring (bicyclic) bond motifs is 1. The average Bonchev–Trinajstić information content (AvgIpc) is 2.76. The van der Waals surface area contributed by atoms with Gasteiger partial charge in [-0.15, -0.1) is 0 Å². The van der Waals surface area contributed by atoms with E-state index >= 15 is 0 Å². The van der Waals surface area contributed by atoms with Crippen LogP contribution >= 0.6 is 11.6 Å². The van der Waals surface area contributed by atoms with Crippen LogP contribution in [0.25, 0.3) is 11.0 Å². The number of benzene rings is 2. The van der Waals surface area contributed by atoms with Crippen LogP contribution in [0.2, 0.25) is 5.02 Å². The Bertz CT molecular complexity index is 795. The Morgan fingerprint density at radius 1 is 1.15 bits per heavy atom. The maximum Gasteiger partial charge on any atom is 0.259 e. The SMILES string of the molecule is Cn1c(NC(=O)c2ccccc2Cl)nc2ccccc21. The second-order valence-corrected chi connectivity index (χ2v) is 4.82. The van der Waals surface area contributed by atoms with E-state index in [0.717, 1.165) is 11.0 Å². The second kappa shape index (κ2) is 4.98. The second-order valence-electron chi connectivity index (χ2n) is 4.42. The molecule has 5 heteroatoms. The van der Waals surface area contributed by atoms with Gasteiger partial charge >= 0.3 is 0 Å². The third kappa shape index (κ3) is 2.14. The fourth-order valence-electron chi connectivity index (χ4n) is 2.07. The molecule has 1 amide bonds. The zero-order valence-corrected chi connectivity index (χ0v) is 11.6. The van der Waals surface area contributed by atoms with Crippen molar-refractivity contribution in [2.75, 3.05) is 5.32 Å². The van der Waals surface area contributed by atoms with Crippen molar-refractivity contribution in [1.82, 2.24) is 9.55 Å². The maximum atomic E-state index is 12.2. The van der Waals surface area contributed by atoms with Crippen molar-refractivity contribution in [2.45, 2.75) is 0 Å². The first-order chi connectivity index (χ1) is 9.66. The number of halogens is 1. The molecule has 4 nitrogen and oxygen atoms in total. The number of nitrogens with zero attached hydrogens (tertiary/aromatic N) is 2. The molecule has 0 aliphatic carbocycles. The molecule has 1 aromatic heterocycles. The van der Waals surface area contributed by atoms with Crippen LogP contribution in [0.4, 0.5) is 5.95 Å². The third-order valence-corrected chi connectivity index (χ3v) is 3.46. The van der Waals surface area contributed by atoms with Crippen LogP contribution in [0.5, 0.6) is 0 Å². The molecule has 20 heavy (non-hydrogen) atoms. The number of imidazole rings is 1. The van der Waals surface area contributed by atoms with Gasteiger partial charge in [0, 0.05) is 7.05 Å². The fraction of sp³-hybridized carbons (Fsp3) is 0.0667. The number of aryl methyl sites for hydroxylation is 1. The highest BCUT2D eigenvalue weighted by Gasteiger charge is 2.13. The quantitative estimate of drug-likeness (QED) is 0.783. The van der Waals surface area contributed by atoms with E-state index < -0.39 is 0 Å². The van der Waals surface area contributed by atoms with E-state index in [1.807, 2.05) is 35.9 Å². The Morgan fingerprint density at radius 2 is 1.85 bits per heavy atom. The lowest BCUT2D eigenvalue weighted by Gasteiger charge is -2.06. The smallest absolute Gasteiger partial charge is 0.259 e. The molecule has 0 unspecified atom stereocenters. The summed E-state index contributed by atoms with van der Waals surface area (Å²) in [5.74, 6) is 0.227. The molecule has 0 fully saturated rings. The zero-order valence-electron chi connectivity index (χ0n) is 10.8. The normalized spacial score (nSPS) is 10.7. The first kappa shape index (κ1) is 12.7. The summed E-state index contributed by atoms with van der Waals surface area (Å²) in [6.45, 7) is 0. The largest absolute Gasteiger partial charge is 0.313 e. The zero-order chi connectivity index (χ0) is 14.1. The number of anilines is 1. The molecule has 0 bridgehead atoms. The minimum absolute atomic E-state index is 0.269. The molecule has 100 valence electrons. The summed E-state index contributed by atoms with van der Waals surface area (Å²) >= 11 is 6.02. The summed E-state index contributed by atoms with van der Waals surface area (Å²) < 4.78 is 1.84. The number of nitrogens with one attached hydrogen (secondary N) is 1. The number of carbonyl (C=O) groups excluding carboxylic acids is 1. The highest BCUT2D eigenvalue weighted by Crippen LogP contribution is 2.20. The van der Waals surface area contributed by atoms with Crippen molar-refractivity contribution < 1.29 is 4.79 Å². The van der Waals surface area contributed by atoms with Gasteiger partial charge in [0.15, 0.2) is 0 Å². The Labute approximate surface area is 121 Å². The number of aromatic nitrogens is 2. The van der Waals surface area contributed by atoms with Crippen molar-refractivity contribution in [2.24, 2.45) is 7.05 Å². The van der Waals surface area contributed by atoms with E-state index in [-0.39, 0.29) is 5.91 Å². The van der Waals surface area contributed by atoms with Gasteiger partial charge in [-0.1, -0.05) is 35.9 Å². The number of hydrogen-bond acceptors (Lipinski definition) is 2. The molecule has 0 spiro atoms. The molecule has 3 rings (SSSR count). The number of amides is 1. The van der Waals surface area contributed by atoms with Gasteiger partial charge in [0.05, 0.1) is 21.6 Å². The van der Waals surface area contributed by atoms with Crippen molar-refractivity contribution in [3.63, 3.8) is 0 Å². The Balaban J connectivity index is 1.96. The van der Waals surface area contributed by atoms with E-state index in [1.165, 1.54) is 0 Å². The summed E-state index contributed by atoms with van der Waals surface area (Å²) in [7, 11) is 1.86. The van der Waals surface area contributed by atoms with Gasteiger partial charge in [0.2, 0.25) is 5.95 Å². The van der Waals surface area contributed by atoms with E-state index in [1.54, 1.807) is 24.3 Å². The van der Waals surface area contributed by atoms with Gasteiger partial charge in [0.1, 0.15) is 0 Å². The molecule has 0 saturated heterocycles. The van der Waals surface area contributed by atoms with E-state index in [2.05, 4.69) is 10.3 Å². The third-order valence-electron chi connectivity index (χ3n) is 3.13. The highest BCUT2D eigenvalue weighted by atomic mass is 35.5. The standard InChI is InChI=1S/C15H12ClN3O/c1-19-13-9-5-4-8-12(13)17-15(19)18-14(20)10-6-2-3-7-11(10)16/h2-9H,1H3,(H,17,18,20). The summed E-state index contributed by atoms with van der Waals surface area (Å²) in [5, 5.41) is 3.21. The maximum absolute atomic E-state index is 12.2. The van der Waals surface area contributed by atoms with Crippen molar-refractivity contribution in [3.8, 4) is 0 Å². The van der Waals surface area contributed by atoms with Crippen molar-refractivity contribution >= 4 is 34.5 Å². The van der Waals surface area contributed by atoms with Crippen LogP contribution in [0.3, 0.4) is 0 Å². The average molecular weight is 286 g/mol. The lowest BCUT2D eigenvalue weighted by molar-refractivity contribution is 0.102. The van der Waals surface area contributed by atoms with Crippen LogP contribution in [-0.2, 0) is 7.05 Å². The lowest BCUT2D eigenvalue weighted by atomic mass is 10.2. The van der Waals surface area contributed by atoms with Crippen LogP contribution < -0.4 is 5.32 Å². The minimum atomic E-state index is -0.269. The fourth-order valence-corrected chi connectivity index (χ4v) is 2.29. The van der Waals surface area contributed by atoms with Crippen LogP contribution in [0.15, 0.2) is 48.5 Å². The number of carbonyl (C=O) groups is 1. The van der Waals surface area contributed by atoms with Gasteiger partial charge in [-0.25, -0.2) is 4.98 Å². The number of para-hydroxylation sites is 2. The van der Waals surface area contributed by atoms with Gasteiger partial charge in [-0.3, -0.25) is 10.1 Å². The minimum Gasteiger partial charge on any atom is -0.313 e. The summed E-state index contributed by atoms with van der Waals surface area (Å²) in [6.07, 6.45) is 0. The summed E-state index contributed by atoms with van der Waals surface area (Å²) in [6, 6.07) is 14.6. The molecule has 2 aromatic carbocycles. The lowest BCUT2D eigenvalue weighted by Crippen LogP contribution is -2.15. The topological polar surface area (TPSA) is 46.9 Å². The van der Waals surface area contributed by atoms with Crippen molar-refractivity contribution in [1.29, 1.82) is 0 Å². The molecule has 0 saturated carbocycles. The number of hydrogen-bond donors (Lipinski definition) is 1. The van der Waals surface area contributed by atoms with Gasteiger partial charge < -0.3 is 4.57 Å². The van der Waals surface area contributed by atoms with Gasteiger partial charge in [0.25, 0.3) is 5.91 Å². The molecule has 0 atom stereocenters. The molecule has 0 aliphatic rings. The van der Waals surface area contributed by atoms with E-state index in [9.17, 15) is 4.79 Å². The summed E-state index contributed by atoms with van der Waals surface area (Å²) in [4.78, 5) is 16.6. The number of rotatable bonds is 2. The molecule has 0 radical (unpaired) electrons. The Kier molecular flexibility index (Phi) is 3.16. The van der Waals surface area contributed by atoms with E-state index in [4.69, 9.17) is 11.6 Å². The molecular formula is C15H12ClN3O. The molecule has 0 aliphatic heterocycles. The van der Waals surface area contributed by atoms with Crippen molar-refractivity contribution in [3.05, 3.63) is 59.1 Å². The van der Waals surface area contributed by atoms with Gasteiger partial charge in [-0.2, -0.15) is 0 Å².